The van der Waals surface area contributed by atoms with Crippen molar-refractivity contribution in [3.05, 3.63) is 39.4 Å². The van der Waals surface area contributed by atoms with E-state index in [2.05, 4.69) is 12.6 Å². The molecule has 0 heterocycles. The number of aliphatic hydroxyl groups excluding tert-OH is 2. The molecule has 2 unspecified atom stereocenters. The Balaban J connectivity index is 3.17. The SMILES string of the molecule is O=Cc1cc([N+](=O)[O-])ccc1C(O)C(O)CS. The molecule has 7 heteroatoms. The lowest BCUT2D eigenvalue weighted by Crippen LogP contribution is -2.21. The van der Waals surface area contributed by atoms with Crippen LogP contribution in [0.5, 0.6) is 0 Å². The highest BCUT2D eigenvalue weighted by Crippen LogP contribution is 2.24. The Labute approximate surface area is 102 Å². The number of non-ortho nitro benzene ring substituents is 1. The molecule has 0 aromatic heterocycles. The van der Waals surface area contributed by atoms with E-state index >= 15 is 0 Å². The van der Waals surface area contributed by atoms with Gasteiger partial charge in [0.05, 0.1) is 11.0 Å². The number of benzene rings is 1. The lowest BCUT2D eigenvalue weighted by molar-refractivity contribution is -0.384. The first-order valence-electron chi connectivity index (χ1n) is 4.71. The summed E-state index contributed by atoms with van der Waals surface area (Å²) in [5, 5.41) is 29.6. The molecular formula is C10H11NO5S. The van der Waals surface area contributed by atoms with Crippen LogP contribution in [0.4, 0.5) is 5.69 Å². The number of nitro groups is 1. The van der Waals surface area contributed by atoms with Crippen LogP contribution in [0.15, 0.2) is 18.2 Å². The van der Waals surface area contributed by atoms with Crippen LogP contribution in [0, 0.1) is 10.1 Å². The quantitative estimate of drug-likeness (QED) is 0.312. The van der Waals surface area contributed by atoms with E-state index in [1.807, 2.05) is 0 Å². The second-order valence-electron chi connectivity index (χ2n) is 3.38. The average molecular weight is 257 g/mol. The second-order valence-corrected chi connectivity index (χ2v) is 3.75. The highest BCUT2D eigenvalue weighted by Gasteiger charge is 2.21. The van der Waals surface area contributed by atoms with Gasteiger partial charge in [-0.05, 0) is 11.6 Å². The molecule has 0 saturated heterocycles. The molecule has 92 valence electrons. The Morgan fingerprint density at radius 2 is 2.12 bits per heavy atom. The van der Waals surface area contributed by atoms with Crippen molar-refractivity contribution >= 4 is 24.6 Å². The lowest BCUT2D eigenvalue weighted by Gasteiger charge is -2.17. The highest BCUT2D eigenvalue weighted by molar-refractivity contribution is 7.80. The molecule has 0 aliphatic heterocycles. The maximum atomic E-state index is 10.8. The summed E-state index contributed by atoms with van der Waals surface area (Å²) in [5.41, 5.74) is -0.122. The summed E-state index contributed by atoms with van der Waals surface area (Å²) in [6.07, 6.45) is -2.04. The van der Waals surface area contributed by atoms with Crippen molar-refractivity contribution < 1.29 is 19.9 Å². The van der Waals surface area contributed by atoms with Gasteiger partial charge in [-0.3, -0.25) is 14.9 Å². The zero-order valence-electron chi connectivity index (χ0n) is 8.68. The van der Waals surface area contributed by atoms with E-state index < -0.39 is 17.1 Å². The lowest BCUT2D eigenvalue weighted by atomic mass is 9.99. The number of carbonyl (C=O) groups excluding carboxylic acids is 1. The van der Waals surface area contributed by atoms with Crippen LogP contribution in [0.1, 0.15) is 22.0 Å². The van der Waals surface area contributed by atoms with Gasteiger partial charge in [-0.1, -0.05) is 0 Å². The van der Waals surface area contributed by atoms with Gasteiger partial charge in [0.15, 0.2) is 6.29 Å². The first-order chi connectivity index (χ1) is 8.01. The number of carbonyl (C=O) groups is 1. The molecular weight excluding hydrogens is 246 g/mol. The van der Waals surface area contributed by atoms with Gasteiger partial charge < -0.3 is 10.2 Å². The summed E-state index contributed by atoms with van der Waals surface area (Å²) in [6.45, 7) is 0. The molecule has 0 saturated carbocycles. The monoisotopic (exact) mass is 257 g/mol. The summed E-state index contributed by atoms with van der Waals surface area (Å²) < 4.78 is 0. The Hall–Kier alpha value is -1.44. The summed E-state index contributed by atoms with van der Waals surface area (Å²) in [7, 11) is 0. The van der Waals surface area contributed by atoms with Crippen molar-refractivity contribution in [3.63, 3.8) is 0 Å². The van der Waals surface area contributed by atoms with Gasteiger partial charge in [-0.25, -0.2) is 0 Å². The molecule has 0 aliphatic carbocycles. The van der Waals surface area contributed by atoms with Crippen LogP contribution in [0.25, 0.3) is 0 Å². The summed E-state index contributed by atoms with van der Waals surface area (Å²) >= 11 is 3.82. The maximum Gasteiger partial charge on any atom is 0.270 e. The minimum Gasteiger partial charge on any atom is -0.389 e. The van der Waals surface area contributed by atoms with Crippen LogP contribution in [-0.4, -0.2) is 33.3 Å². The van der Waals surface area contributed by atoms with E-state index in [0.29, 0.717) is 6.29 Å². The second kappa shape index (κ2) is 5.76. The van der Waals surface area contributed by atoms with E-state index in [1.165, 1.54) is 6.07 Å². The summed E-state index contributed by atoms with van der Waals surface area (Å²) in [6, 6.07) is 3.47. The molecule has 2 N–H and O–H groups in total. The molecule has 1 rings (SSSR count). The maximum absolute atomic E-state index is 10.8. The number of aliphatic hydroxyl groups is 2. The van der Waals surface area contributed by atoms with Gasteiger partial charge in [-0.2, -0.15) is 12.6 Å². The van der Waals surface area contributed by atoms with Crippen molar-refractivity contribution in [3.8, 4) is 0 Å². The molecule has 17 heavy (non-hydrogen) atoms. The van der Waals surface area contributed by atoms with Gasteiger partial charge in [0.25, 0.3) is 5.69 Å². The molecule has 0 bridgehead atoms. The minimum absolute atomic E-state index is 0.0104. The van der Waals surface area contributed by atoms with E-state index in [4.69, 9.17) is 0 Å². The number of nitro benzene ring substituents is 1. The fourth-order valence-electron chi connectivity index (χ4n) is 1.35. The van der Waals surface area contributed by atoms with Crippen LogP contribution in [-0.2, 0) is 0 Å². The zero-order chi connectivity index (χ0) is 13.0. The van der Waals surface area contributed by atoms with Crippen LogP contribution in [0.3, 0.4) is 0 Å². The molecule has 0 radical (unpaired) electrons. The molecule has 0 amide bonds. The Kier molecular flexibility index (Phi) is 4.62. The molecule has 1 aromatic rings. The Morgan fingerprint density at radius 3 is 2.59 bits per heavy atom. The van der Waals surface area contributed by atoms with E-state index in [9.17, 15) is 25.1 Å². The first-order valence-corrected chi connectivity index (χ1v) is 5.35. The smallest absolute Gasteiger partial charge is 0.270 e. The van der Waals surface area contributed by atoms with Crippen molar-refractivity contribution in [1.29, 1.82) is 0 Å². The van der Waals surface area contributed by atoms with Gasteiger partial charge >= 0.3 is 0 Å². The van der Waals surface area contributed by atoms with Gasteiger partial charge in [0.2, 0.25) is 0 Å². The number of thiol groups is 1. The summed E-state index contributed by atoms with van der Waals surface area (Å²) in [4.78, 5) is 20.6. The number of aldehydes is 1. The fraction of sp³-hybridized carbons (Fsp3) is 0.300. The van der Waals surface area contributed by atoms with E-state index in [0.717, 1.165) is 12.1 Å². The van der Waals surface area contributed by atoms with Crippen LogP contribution < -0.4 is 0 Å². The predicted octanol–water partition coefficient (Wildman–Crippen LogP) is 0.731. The topological polar surface area (TPSA) is 101 Å². The number of nitrogens with zero attached hydrogens (tertiary/aromatic N) is 1. The minimum atomic E-state index is -1.30. The highest BCUT2D eigenvalue weighted by atomic mass is 32.1. The van der Waals surface area contributed by atoms with Crippen LogP contribution in [0.2, 0.25) is 0 Å². The molecule has 0 fully saturated rings. The standard InChI is InChI=1S/C10H11NO5S/c12-4-6-3-7(11(15)16)1-2-8(6)10(14)9(13)5-17/h1-4,9-10,13-14,17H,5H2. The third-order valence-corrected chi connectivity index (χ3v) is 2.65. The molecule has 2 atom stereocenters. The number of hydrogen-bond donors (Lipinski definition) is 3. The normalized spacial score (nSPS) is 14.1. The van der Waals surface area contributed by atoms with Crippen molar-refractivity contribution in [2.45, 2.75) is 12.2 Å². The predicted molar refractivity (Wildman–Crippen MR) is 63.3 cm³/mol. The van der Waals surface area contributed by atoms with Crippen molar-refractivity contribution in [2.75, 3.05) is 5.75 Å². The summed E-state index contributed by atoms with van der Waals surface area (Å²) in [5.74, 6) is 0.0104. The molecule has 1 aromatic carbocycles. The van der Waals surface area contributed by atoms with Gasteiger partial charge in [0.1, 0.15) is 6.10 Å². The van der Waals surface area contributed by atoms with Crippen LogP contribution >= 0.6 is 12.6 Å². The Morgan fingerprint density at radius 1 is 1.47 bits per heavy atom. The van der Waals surface area contributed by atoms with Gasteiger partial charge in [0, 0.05) is 23.4 Å². The van der Waals surface area contributed by atoms with E-state index in [1.54, 1.807) is 0 Å². The third-order valence-electron chi connectivity index (χ3n) is 2.28. The Bertz CT molecular complexity index is 437. The van der Waals surface area contributed by atoms with Crippen molar-refractivity contribution in [1.82, 2.24) is 0 Å². The fourth-order valence-corrected chi connectivity index (χ4v) is 1.55. The molecule has 6 nitrogen and oxygen atoms in total. The number of rotatable bonds is 5. The molecule has 0 spiro atoms. The van der Waals surface area contributed by atoms with E-state index in [-0.39, 0.29) is 22.6 Å². The molecule has 0 aliphatic rings. The average Bonchev–Trinajstić information content (AvgIpc) is 2.35. The number of hydrogen-bond acceptors (Lipinski definition) is 6. The van der Waals surface area contributed by atoms with Gasteiger partial charge in [-0.15, -0.1) is 0 Å². The largest absolute Gasteiger partial charge is 0.389 e. The van der Waals surface area contributed by atoms with Crippen molar-refractivity contribution in [2.24, 2.45) is 0 Å². The zero-order valence-corrected chi connectivity index (χ0v) is 9.58. The third kappa shape index (κ3) is 3.02. The first kappa shape index (κ1) is 13.6.